The van der Waals surface area contributed by atoms with Crippen molar-refractivity contribution < 1.29 is 23.1 Å². The van der Waals surface area contributed by atoms with E-state index in [1.54, 1.807) is 12.3 Å². The molecule has 2 N–H and O–H groups in total. The molecule has 1 amide bonds. The van der Waals surface area contributed by atoms with Crippen LogP contribution in [0.4, 0.5) is 18.9 Å². The van der Waals surface area contributed by atoms with Gasteiger partial charge in [-0.25, -0.2) is 18.2 Å². The first-order valence-electron chi connectivity index (χ1n) is 10.4. The van der Waals surface area contributed by atoms with E-state index in [1.165, 1.54) is 6.20 Å². The van der Waals surface area contributed by atoms with Gasteiger partial charge < -0.3 is 10.4 Å². The topological polar surface area (TPSA) is 75.1 Å². The van der Waals surface area contributed by atoms with Gasteiger partial charge in [0.2, 0.25) is 0 Å². The molecule has 2 heterocycles. The number of halogens is 3. The van der Waals surface area contributed by atoms with Crippen LogP contribution in [-0.2, 0) is 0 Å². The number of hydrogen-bond acceptors (Lipinski definition) is 4. The monoisotopic (exact) mass is 441 g/mol. The number of hydrogen-bond donors (Lipinski definition) is 2. The Morgan fingerprint density at radius 2 is 1.78 bits per heavy atom. The second kappa shape index (κ2) is 9.08. The van der Waals surface area contributed by atoms with Crippen LogP contribution in [0.5, 0.6) is 0 Å². The molecular weight excluding hydrogens is 419 g/mol. The Balaban J connectivity index is 1.64. The van der Waals surface area contributed by atoms with Crippen molar-refractivity contribution in [3.8, 4) is 11.3 Å². The van der Waals surface area contributed by atoms with Gasteiger partial charge in [-0.05, 0) is 67.0 Å². The summed E-state index contributed by atoms with van der Waals surface area (Å²) in [6.45, 7) is 2.07. The molecule has 1 aromatic carbocycles. The third-order valence-corrected chi connectivity index (χ3v) is 5.74. The highest BCUT2D eigenvalue weighted by Gasteiger charge is 2.28. The molecule has 0 unspecified atom stereocenters. The number of nitrogens with zero attached hydrogens (tertiary/aromatic N) is 2. The Kier molecular flexibility index (Phi) is 6.23. The van der Waals surface area contributed by atoms with Crippen LogP contribution in [0, 0.1) is 23.4 Å². The Bertz CT molecular complexity index is 1120. The fraction of sp³-hybridized carbons (Fsp3) is 0.292. The van der Waals surface area contributed by atoms with Crippen molar-refractivity contribution >= 4 is 11.6 Å². The van der Waals surface area contributed by atoms with Gasteiger partial charge in [0.25, 0.3) is 5.91 Å². The maximum atomic E-state index is 14.3. The van der Waals surface area contributed by atoms with Gasteiger partial charge in [-0.2, -0.15) is 0 Å². The SMILES string of the molecule is C[C@@H]1C[C@@H](O)C[C@H](c2ccncc2NC(=O)c2ccc(F)c(-c3c(F)cccc3F)n2)C1. The summed E-state index contributed by atoms with van der Waals surface area (Å²) in [5.41, 5.74) is -0.123. The van der Waals surface area contributed by atoms with Crippen LogP contribution in [0.25, 0.3) is 11.3 Å². The van der Waals surface area contributed by atoms with E-state index in [9.17, 15) is 23.1 Å². The number of nitrogens with one attached hydrogen (secondary N) is 1. The molecule has 1 fully saturated rings. The molecule has 0 aliphatic heterocycles. The number of amides is 1. The lowest BCUT2D eigenvalue weighted by Crippen LogP contribution is -2.25. The Hall–Kier alpha value is -3.26. The molecule has 3 atom stereocenters. The standard InChI is InChI=1S/C24H22F3N3O2/c1-13-9-14(11-15(31)10-13)16-7-8-28-12-21(16)30-24(32)20-6-5-19(27)23(29-20)22-17(25)3-2-4-18(22)26/h2-8,12-15,31H,9-11H2,1H3,(H,30,32)/t13-,14+,15+/m0/s1. The van der Waals surface area contributed by atoms with Crippen LogP contribution in [0.1, 0.15) is 48.2 Å². The number of pyridine rings is 2. The molecule has 2 aromatic heterocycles. The lowest BCUT2D eigenvalue weighted by Gasteiger charge is -2.31. The Morgan fingerprint density at radius 3 is 2.50 bits per heavy atom. The van der Waals surface area contributed by atoms with Gasteiger partial charge in [-0.1, -0.05) is 13.0 Å². The van der Waals surface area contributed by atoms with E-state index < -0.39 is 40.7 Å². The largest absolute Gasteiger partial charge is 0.393 e. The number of anilines is 1. The summed E-state index contributed by atoms with van der Waals surface area (Å²) in [6, 6.07) is 7.04. The van der Waals surface area contributed by atoms with Crippen molar-refractivity contribution in [1.82, 2.24) is 9.97 Å². The minimum atomic E-state index is -0.978. The van der Waals surface area contributed by atoms with Gasteiger partial charge in [0.05, 0.1) is 23.6 Å². The molecule has 1 saturated carbocycles. The van der Waals surface area contributed by atoms with E-state index in [0.29, 0.717) is 18.0 Å². The molecule has 0 bridgehead atoms. The van der Waals surface area contributed by atoms with Crippen LogP contribution >= 0.6 is 0 Å². The molecule has 1 aliphatic rings. The van der Waals surface area contributed by atoms with Crippen LogP contribution in [-0.4, -0.2) is 27.1 Å². The average molecular weight is 441 g/mol. The van der Waals surface area contributed by atoms with E-state index in [-0.39, 0.29) is 11.6 Å². The van der Waals surface area contributed by atoms with E-state index in [4.69, 9.17) is 0 Å². The van der Waals surface area contributed by atoms with E-state index in [1.807, 2.05) is 0 Å². The molecule has 4 rings (SSSR count). The van der Waals surface area contributed by atoms with E-state index in [0.717, 1.165) is 48.7 Å². The lowest BCUT2D eigenvalue weighted by molar-refractivity contribution is 0.0946. The molecule has 5 nitrogen and oxygen atoms in total. The first kappa shape index (κ1) is 22.0. The molecule has 8 heteroatoms. The lowest BCUT2D eigenvalue weighted by atomic mass is 9.77. The number of carbonyl (C=O) groups excluding carboxylic acids is 1. The minimum absolute atomic E-state index is 0.0382. The van der Waals surface area contributed by atoms with Gasteiger partial charge in [0.1, 0.15) is 28.8 Å². The minimum Gasteiger partial charge on any atom is -0.393 e. The number of aromatic nitrogens is 2. The first-order valence-corrected chi connectivity index (χ1v) is 10.4. The highest BCUT2D eigenvalue weighted by molar-refractivity contribution is 6.03. The summed E-state index contributed by atoms with van der Waals surface area (Å²) in [5, 5.41) is 12.9. The van der Waals surface area contributed by atoms with Gasteiger partial charge in [0.15, 0.2) is 0 Å². The molecule has 0 spiro atoms. The number of aliphatic hydroxyl groups excluding tert-OH is 1. The number of carbonyl (C=O) groups is 1. The fourth-order valence-electron chi connectivity index (χ4n) is 4.34. The van der Waals surface area contributed by atoms with E-state index in [2.05, 4.69) is 22.2 Å². The smallest absolute Gasteiger partial charge is 0.274 e. The zero-order chi connectivity index (χ0) is 22.8. The van der Waals surface area contributed by atoms with Crippen molar-refractivity contribution in [2.75, 3.05) is 5.32 Å². The quantitative estimate of drug-likeness (QED) is 0.592. The van der Waals surface area contributed by atoms with Gasteiger partial charge >= 0.3 is 0 Å². The predicted molar refractivity (Wildman–Crippen MR) is 114 cm³/mol. The molecule has 1 aliphatic carbocycles. The third kappa shape index (κ3) is 4.50. The van der Waals surface area contributed by atoms with E-state index >= 15 is 0 Å². The maximum absolute atomic E-state index is 14.3. The zero-order valence-electron chi connectivity index (χ0n) is 17.4. The van der Waals surface area contributed by atoms with Crippen molar-refractivity contribution in [3.63, 3.8) is 0 Å². The maximum Gasteiger partial charge on any atom is 0.274 e. The van der Waals surface area contributed by atoms with Crippen molar-refractivity contribution in [3.05, 3.63) is 77.5 Å². The van der Waals surface area contributed by atoms with Crippen molar-refractivity contribution in [2.24, 2.45) is 5.92 Å². The molecule has 166 valence electrons. The fourth-order valence-corrected chi connectivity index (χ4v) is 4.34. The van der Waals surface area contributed by atoms with Crippen LogP contribution in [0.15, 0.2) is 48.8 Å². The summed E-state index contributed by atoms with van der Waals surface area (Å²) in [7, 11) is 0. The van der Waals surface area contributed by atoms with Crippen LogP contribution in [0.2, 0.25) is 0 Å². The van der Waals surface area contributed by atoms with Gasteiger partial charge in [-0.3, -0.25) is 9.78 Å². The summed E-state index contributed by atoms with van der Waals surface area (Å²) < 4.78 is 42.6. The molecule has 0 radical (unpaired) electrons. The second-order valence-electron chi connectivity index (χ2n) is 8.20. The molecule has 32 heavy (non-hydrogen) atoms. The third-order valence-electron chi connectivity index (χ3n) is 5.74. The molecule has 3 aromatic rings. The molecule has 0 saturated heterocycles. The number of benzene rings is 1. The summed E-state index contributed by atoms with van der Waals surface area (Å²) in [4.78, 5) is 20.9. The number of aliphatic hydroxyl groups is 1. The van der Waals surface area contributed by atoms with Crippen molar-refractivity contribution in [1.29, 1.82) is 0 Å². The highest BCUT2D eigenvalue weighted by Crippen LogP contribution is 2.39. The number of rotatable bonds is 4. The average Bonchev–Trinajstić information content (AvgIpc) is 2.74. The molecular formula is C24H22F3N3O2. The Morgan fingerprint density at radius 1 is 1.03 bits per heavy atom. The van der Waals surface area contributed by atoms with Gasteiger partial charge in [0, 0.05) is 6.20 Å². The van der Waals surface area contributed by atoms with Crippen molar-refractivity contribution in [2.45, 2.75) is 38.2 Å². The van der Waals surface area contributed by atoms with Gasteiger partial charge in [-0.15, -0.1) is 0 Å². The first-order chi connectivity index (χ1) is 15.3. The highest BCUT2D eigenvalue weighted by atomic mass is 19.1. The summed E-state index contributed by atoms with van der Waals surface area (Å²) in [5.74, 6) is -3.20. The summed E-state index contributed by atoms with van der Waals surface area (Å²) in [6.07, 6.45) is 4.86. The predicted octanol–water partition coefficient (Wildman–Crippen LogP) is 5.08. The second-order valence-corrected chi connectivity index (χ2v) is 8.20. The normalized spacial score (nSPS) is 20.7. The summed E-state index contributed by atoms with van der Waals surface area (Å²) >= 11 is 0. The zero-order valence-corrected chi connectivity index (χ0v) is 17.4. The van der Waals surface area contributed by atoms with Crippen LogP contribution in [0.3, 0.4) is 0 Å². The van der Waals surface area contributed by atoms with Crippen LogP contribution < -0.4 is 5.32 Å². The Labute approximate surface area is 183 Å².